The summed E-state index contributed by atoms with van der Waals surface area (Å²) in [5, 5.41) is 8.15. The molecule has 1 aromatic heterocycles. The third-order valence-corrected chi connectivity index (χ3v) is 5.10. The van der Waals surface area contributed by atoms with E-state index in [0.717, 1.165) is 37.5 Å². The maximum absolute atomic E-state index is 12.4. The van der Waals surface area contributed by atoms with Gasteiger partial charge in [-0.2, -0.15) is 0 Å². The summed E-state index contributed by atoms with van der Waals surface area (Å²) in [6, 6.07) is 7.69. The highest BCUT2D eigenvalue weighted by Gasteiger charge is 2.22. The maximum Gasteiger partial charge on any atom is 0.273 e. The maximum atomic E-state index is 12.4. The lowest BCUT2D eigenvalue weighted by molar-refractivity contribution is -0.133. The lowest BCUT2D eigenvalue weighted by atomic mass is 10.2. The average Bonchev–Trinajstić information content (AvgIpc) is 2.72. The van der Waals surface area contributed by atoms with E-state index in [2.05, 4.69) is 33.9 Å². The summed E-state index contributed by atoms with van der Waals surface area (Å²) in [4.78, 5) is 31.7. The molecule has 0 radical (unpaired) electrons. The van der Waals surface area contributed by atoms with Crippen molar-refractivity contribution in [1.29, 1.82) is 0 Å². The molecule has 1 saturated heterocycles. The molecule has 1 N–H and O–H groups in total. The van der Waals surface area contributed by atoms with Gasteiger partial charge in [0.15, 0.2) is 5.82 Å². The summed E-state index contributed by atoms with van der Waals surface area (Å²) >= 11 is 0. The molecule has 0 spiro atoms. The number of ether oxygens (including phenoxy) is 1. The number of carbonyl (C=O) groups excluding carboxylic acids is 1. The number of hydrogen-bond donors (Lipinski definition) is 1. The minimum atomic E-state index is -0.307. The van der Waals surface area contributed by atoms with Gasteiger partial charge in [-0.05, 0) is 38.1 Å². The van der Waals surface area contributed by atoms with E-state index < -0.39 is 0 Å². The van der Waals surface area contributed by atoms with E-state index in [9.17, 15) is 9.59 Å². The molecule has 1 aromatic carbocycles. The molecule has 1 amide bonds. The molecule has 28 heavy (non-hydrogen) atoms. The van der Waals surface area contributed by atoms with Crippen LogP contribution in [0.3, 0.4) is 0 Å². The Kier molecular flexibility index (Phi) is 6.41. The predicted molar refractivity (Wildman–Crippen MR) is 106 cm³/mol. The van der Waals surface area contributed by atoms with Crippen LogP contribution >= 0.6 is 0 Å². The van der Waals surface area contributed by atoms with Crippen molar-refractivity contribution in [2.45, 2.75) is 32.7 Å². The van der Waals surface area contributed by atoms with Gasteiger partial charge in [0.05, 0.1) is 7.11 Å². The van der Waals surface area contributed by atoms with E-state index in [4.69, 9.17) is 4.74 Å². The van der Waals surface area contributed by atoms with E-state index in [1.54, 1.807) is 31.4 Å². The molecular formula is C20H27N5O3. The first kappa shape index (κ1) is 20.0. The number of benzene rings is 1. The number of nitrogens with zero attached hydrogens (tertiary/aromatic N) is 4. The fraction of sp³-hybridized carbons (Fsp3) is 0.500. The lowest BCUT2D eigenvalue weighted by Crippen LogP contribution is -2.50. The van der Waals surface area contributed by atoms with Gasteiger partial charge in [0, 0.05) is 50.6 Å². The zero-order chi connectivity index (χ0) is 20.1. The Bertz CT molecular complexity index is 855. The van der Waals surface area contributed by atoms with Gasteiger partial charge in [0.1, 0.15) is 11.4 Å². The molecule has 8 nitrogen and oxygen atoms in total. The third-order valence-electron chi connectivity index (χ3n) is 5.10. The van der Waals surface area contributed by atoms with Crippen LogP contribution < -0.4 is 10.3 Å². The Morgan fingerprint density at radius 1 is 1.14 bits per heavy atom. The number of aryl methyl sites for hydroxylation is 1. The van der Waals surface area contributed by atoms with E-state index >= 15 is 0 Å². The Hall–Kier alpha value is -2.74. The number of aromatic amines is 1. The summed E-state index contributed by atoms with van der Waals surface area (Å²) < 4.78 is 5.12. The second kappa shape index (κ2) is 8.97. The van der Waals surface area contributed by atoms with Crippen molar-refractivity contribution in [3.05, 3.63) is 40.3 Å². The summed E-state index contributed by atoms with van der Waals surface area (Å²) in [6.07, 6.45) is 0.551. The van der Waals surface area contributed by atoms with Crippen LogP contribution in [0, 0.1) is 0 Å². The first-order valence-electron chi connectivity index (χ1n) is 9.60. The van der Waals surface area contributed by atoms with Crippen LogP contribution in [0.1, 0.15) is 26.0 Å². The Morgan fingerprint density at radius 2 is 1.82 bits per heavy atom. The first-order chi connectivity index (χ1) is 13.5. The molecule has 150 valence electrons. The zero-order valence-corrected chi connectivity index (χ0v) is 16.6. The van der Waals surface area contributed by atoms with Crippen LogP contribution in [0.4, 0.5) is 0 Å². The van der Waals surface area contributed by atoms with Gasteiger partial charge in [-0.15, -0.1) is 10.2 Å². The van der Waals surface area contributed by atoms with Crippen molar-refractivity contribution in [2.24, 2.45) is 0 Å². The van der Waals surface area contributed by atoms with E-state index in [1.807, 2.05) is 4.90 Å². The van der Waals surface area contributed by atoms with E-state index in [-0.39, 0.29) is 30.0 Å². The van der Waals surface area contributed by atoms with Gasteiger partial charge in [0.2, 0.25) is 5.91 Å². The molecule has 0 unspecified atom stereocenters. The molecule has 0 saturated carbocycles. The number of amides is 1. The lowest BCUT2D eigenvalue weighted by Gasteiger charge is -2.37. The molecule has 0 atom stereocenters. The highest BCUT2D eigenvalue weighted by atomic mass is 16.5. The number of methoxy groups -OCH3 is 1. The summed E-state index contributed by atoms with van der Waals surface area (Å²) in [5.41, 5.74) is 0.723. The second-order valence-electron chi connectivity index (χ2n) is 7.19. The second-order valence-corrected chi connectivity index (χ2v) is 7.19. The van der Waals surface area contributed by atoms with Gasteiger partial charge in [-0.3, -0.25) is 14.5 Å². The predicted octanol–water partition coefficient (Wildman–Crippen LogP) is 1.33. The first-order valence-corrected chi connectivity index (χ1v) is 9.60. The number of piperazine rings is 1. The van der Waals surface area contributed by atoms with E-state index in [0.29, 0.717) is 11.9 Å². The molecule has 0 bridgehead atoms. The zero-order valence-electron chi connectivity index (χ0n) is 16.6. The Morgan fingerprint density at radius 3 is 2.39 bits per heavy atom. The summed E-state index contributed by atoms with van der Waals surface area (Å²) in [6.45, 7) is 7.57. The molecular weight excluding hydrogens is 358 g/mol. The van der Waals surface area contributed by atoms with Crippen LogP contribution in [-0.2, 0) is 11.2 Å². The normalized spacial score (nSPS) is 15.1. The molecule has 1 aliphatic heterocycles. The van der Waals surface area contributed by atoms with Gasteiger partial charge < -0.3 is 14.6 Å². The van der Waals surface area contributed by atoms with Crippen molar-refractivity contribution < 1.29 is 9.53 Å². The monoisotopic (exact) mass is 385 g/mol. The Labute approximate surface area is 164 Å². The average molecular weight is 385 g/mol. The van der Waals surface area contributed by atoms with Crippen molar-refractivity contribution >= 4 is 5.91 Å². The van der Waals surface area contributed by atoms with Crippen molar-refractivity contribution in [3.8, 4) is 17.1 Å². The number of H-pyrrole nitrogens is 1. The topological polar surface area (TPSA) is 91.4 Å². The standard InChI is InChI=1S/C20H27N5O3/c1-14(2)24-10-12-25(13-11-24)18(26)9-8-17-20(27)21-19(23-22-17)15-4-6-16(28-3)7-5-15/h4-7,14H,8-13H2,1-3H3,(H,21,23,27). The smallest absolute Gasteiger partial charge is 0.273 e. The number of rotatable bonds is 6. The molecule has 3 rings (SSSR count). The Balaban J connectivity index is 1.57. The molecule has 1 fully saturated rings. The van der Waals surface area contributed by atoms with Crippen molar-refractivity contribution in [1.82, 2.24) is 25.0 Å². The molecule has 2 aromatic rings. The highest BCUT2D eigenvalue weighted by Crippen LogP contribution is 2.17. The van der Waals surface area contributed by atoms with Gasteiger partial charge in [-0.1, -0.05) is 0 Å². The SMILES string of the molecule is COc1ccc(-c2nnc(CCC(=O)N3CCN(C(C)C)CC3)c(=O)[nH]2)cc1. The number of aromatic nitrogens is 3. The van der Waals surface area contributed by atoms with Crippen LogP contribution in [0.5, 0.6) is 5.75 Å². The molecule has 1 aliphatic rings. The minimum Gasteiger partial charge on any atom is -0.497 e. The van der Waals surface area contributed by atoms with Crippen LogP contribution in [0.25, 0.3) is 11.4 Å². The van der Waals surface area contributed by atoms with Crippen LogP contribution in [0.2, 0.25) is 0 Å². The number of carbonyl (C=O) groups is 1. The summed E-state index contributed by atoms with van der Waals surface area (Å²) in [7, 11) is 1.59. The van der Waals surface area contributed by atoms with Crippen LogP contribution in [0.15, 0.2) is 29.1 Å². The number of hydrogen-bond acceptors (Lipinski definition) is 6. The molecule has 2 heterocycles. The minimum absolute atomic E-state index is 0.0591. The highest BCUT2D eigenvalue weighted by molar-refractivity contribution is 5.76. The third kappa shape index (κ3) is 4.75. The number of nitrogens with one attached hydrogen (secondary N) is 1. The van der Waals surface area contributed by atoms with E-state index in [1.165, 1.54) is 0 Å². The van der Waals surface area contributed by atoms with Crippen LogP contribution in [-0.4, -0.2) is 70.2 Å². The van der Waals surface area contributed by atoms with Gasteiger partial charge >= 0.3 is 0 Å². The summed E-state index contributed by atoms with van der Waals surface area (Å²) in [5.74, 6) is 1.18. The van der Waals surface area contributed by atoms with Crippen molar-refractivity contribution in [3.63, 3.8) is 0 Å². The fourth-order valence-corrected chi connectivity index (χ4v) is 3.27. The van der Waals surface area contributed by atoms with Crippen molar-refractivity contribution in [2.75, 3.05) is 33.3 Å². The van der Waals surface area contributed by atoms with Gasteiger partial charge in [-0.25, -0.2) is 0 Å². The quantitative estimate of drug-likeness (QED) is 0.807. The van der Waals surface area contributed by atoms with Gasteiger partial charge in [0.25, 0.3) is 5.56 Å². The fourth-order valence-electron chi connectivity index (χ4n) is 3.27. The molecule has 8 heteroatoms. The molecule has 0 aliphatic carbocycles. The largest absolute Gasteiger partial charge is 0.497 e.